The first-order chi connectivity index (χ1) is 7.16. The number of aliphatic imine (C=N–C) groups is 1. The molecule has 4 heteroatoms. The Balaban J connectivity index is 1.85. The second-order valence-corrected chi connectivity index (χ2v) is 4.83. The Morgan fingerprint density at radius 3 is 3.00 bits per heavy atom. The molecule has 2 rings (SSSR count). The first-order valence-corrected chi connectivity index (χ1v) is 5.88. The van der Waals surface area contributed by atoms with Gasteiger partial charge in [-0.1, -0.05) is 0 Å². The molecule has 15 heavy (non-hydrogen) atoms. The summed E-state index contributed by atoms with van der Waals surface area (Å²) in [6, 6.07) is 0.744. The van der Waals surface area contributed by atoms with E-state index < -0.39 is 0 Å². The molecular weight excluding hydrogens is 190 g/mol. The molecule has 3 N–H and O–H groups in total. The molecule has 0 aromatic heterocycles. The van der Waals surface area contributed by atoms with E-state index in [1.54, 1.807) is 0 Å². The lowest BCUT2D eigenvalue weighted by atomic mass is 9.73. The summed E-state index contributed by atoms with van der Waals surface area (Å²) in [5, 5.41) is 3.12. The Kier molecular flexibility index (Phi) is 3.14. The van der Waals surface area contributed by atoms with Gasteiger partial charge >= 0.3 is 0 Å². The number of hydrogen-bond donors (Lipinski definition) is 2. The lowest BCUT2D eigenvalue weighted by Gasteiger charge is -2.45. The van der Waals surface area contributed by atoms with Crippen molar-refractivity contribution in [3.63, 3.8) is 0 Å². The molecule has 0 aromatic carbocycles. The normalized spacial score (nSPS) is 35.9. The van der Waals surface area contributed by atoms with Gasteiger partial charge in [-0.3, -0.25) is 0 Å². The van der Waals surface area contributed by atoms with Crippen molar-refractivity contribution in [2.45, 2.75) is 51.3 Å². The molecule has 0 amide bonds. The smallest absolute Gasteiger partial charge is 0.189 e. The Labute approximate surface area is 91.3 Å². The number of fused-ring (bicyclic) bond motifs is 1. The highest BCUT2D eigenvalue weighted by atomic mass is 16.5. The predicted octanol–water partition coefficient (Wildman–Crippen LogP) is 0.867. The highest BCUT2D eigenvalue weighted by Gasteiger charge is 2.43. The SMILES string of the molecule is CC(C)NC(N)=NC1CC2OCCCC12. The van der Waals surface area contributed by atoms with E-state index in [1.807, 2.05) is 0 Å². The largest absolute Gasteiger partial charge is 0.378 e. The van der Waals surface area contributed by atoms with Crippen LogP contribution in [0.4, 0.5) is 0 Å². The van der Waals surface area contributed by atoms with Crippen LogP contribution in [0.3, 0.4) is 0 Å². The number of nitrogens with two attached hydrogens (primary N) is 1. The summed E-state index contributed by atoms with van der Waals surface area (Å²) < 4.78 is 5.64. The standard InChI is InChI=1S/C11H21N3O/c1-7(2)13-11(12)14-9-6-10-8(9)4-3-5-15-10/h7-10H,3-6H2,1-2H3,(H3,12,13,14). The van der Waals surface area contributed by atoms with Crippen molar-refractivity contribution in [3.8, 4) is 0 Å². The van der Waals surface area contributed by atoms with Crippen LogP contribution < -0.4 is 11.1 Å². The Hall–Kier alpha value is -0.770. The zero-order valence-corrected chi connectivity index (χ0v) is 9.57. The van der Waals surface area contributed by atoms with E-state index >= 15 is 0 Å². The first kappa shape index (κ1) is 10.7. The molecule has 3 unspecified atom stereocenters. The Bertz CT molecular complexity index is 252. The van der Waals surface area contributed by atoms with Crippen molar-refractivity contribution in [2.75, 3.05) is 6.61 Å². The molecule has 0 spiro atoms. The predicted molar refractivity (Wildman–Crippen MR) is 60.8 cm³/mol. The maximum Gasteiger partial charge on any atom is 0.189 e. The van der Waals surface area contributed by atoms with E-state index in [2.05, 4.69) is 24.2 Å². The molecule has 1 aliphatic carbocycles. The maximum absolute atomic E-state index is 5.80. The number of guanidine groups is 1. The van der Waals surface area contributed by atoms with Crippen LogP contribution in [-0.2, 0) is 4.74 Å². The number of nitrogens with zero attached hydrogens (tertiary/aromatic N) is 1. The number of nitrogens with one attached hydrogen (secondary N) is 1. The van der Waals surface area contributed by atoms with Crippen molar-refractivity contribution in [2.24, 2.45) is 16.6 Å². The fourth-order valence-corrected chi connectivity index (χ4v) is 2.42. The van der Waals surface area contributed by atoms with E-state index in [0.717, 1.165) is 13.0 Å². The Morgan fingerprint density at radius 2 is 2.33 bits per heavy atom. The second-order valence-electron chi connectivity index (χ2n) is 4.83. The molecule has 1 saturated heterocycles. The summed E-state index contributed by atoms with van der Waals surface area (Å²) in [6.07, 6.45) is 3.92. The molecule has 1 saturated carbocycles. The lowest BCUT2D eigenvalue weighted by molar-refractivity contribution is -0.0938. The topological polar surface area (TPSA) is 59.6 Å². The van der Waals surface area contributed by atoms with E-state index in [0.29, 0.717) is 30.1 Å². The average molecular weight is 211 g/mol. The van der Waals surface area contributed by atoms with Crippen LogP contribution in [0.25, 0.3) is 0 Å². The average Bonchev–Trinajstić information content (AvgIpc) is 2.13. The van der Waals surface area contributed by atoms with Gasteiger partial charge in [0, 0.05) is 18.6 Å². The summed E-state index contributed by atoms with van der Waals surface area (Å²) in [5.41, 5.74) is 5.80. The highest BCUT2D eigenvalue weighted by molar-refractivity contribution is 5.78. The maximum atomic E-state index is 5.80. The third kappa shape index (κ3) is 2.43. The summed E-state index contributed by atoms with van der Waals surface area (Å²) >= 11 is 0. The van der Waals surface area contributed by atoms with Crippen LogP contribution >= 0.6 is 0 Å². The molecule has 4 nitrogen and oxygen atoms in total. The second kappa shape index (κ2) is 4.39. The molecule has 86 valence electrons. The summed E-state index contributed by atoms with van der Waals surface area (Å²) in [7, 11) is 0. The van der Waals surface area contributed by atoms with Crippen LogP contribution in [0, 0.1) is 5.92 Å². The Morgan fingerprint density at radius 1 is 1.53 bits per heavy atom. The minimum atomic E-state index is 0.354. The fourth-order valence-electron chi connectivity index (χ4n) is 2.42. The molecule has 0 radical (unpaired) electrons. The quantitative estimate of drug-likeness (QED) is 0.526. The van der Waals surface area contributed by atoms with Gasteiger partial charge in [0.25, 0.3) is 0 Å². The van der Waals surface area contributed by atoms with E-state index in [1.165, 1.54) is 12.8 Å². The van der Waals surface area contributed by atoms with Crippen LogP contribution in [0.2, 0.25) is 0 Å². The number of ether oxygens (including phenoxy) is 1. The zero-order chi connectivity index (χ0) is 10.8. The van der Waals surface area contributed by atoms with Crippen molar-refractivity contribution in [1.29, 1.82) is 0 Å². The third-order valence-corrected chi connectivity index (χ3v) is 3.20. The minimum Gasteiger partial charge on any atom is -0.378 e. The lowest BCUT2D eigenvalue weighted by Crippen LogP contribution is -2.50. The number of rotatable bonds is 2. The van der Waals surface area contributed by atoms with Gasteiger partial charge in [0.1, 0.15) is 0 Å². The summed E-state index contributed by atoms with van der Waals surface area (Å²) in [5.74, 6) is 1.20. The molecule has 2 aliphatic rings. The van der Waals surface area contributed by atoms with E-state index in [9.17, 15) is 0 Å². The molecule has 1 heterocycles. The third-order valence-electron chi connectivity index (χ3n) is 3.20. The number of hydrogen-bond acceptors (Lipinski definition) is 2. The van der Waals surface area contributed by atoms with Gasteiger partial charge < -0.3 is 15.8 Å². The molecule has 3 atom stereocenters. The van der Waals surface area contributed by atoms with E-state index in [4.69, 9.17) is 10.5 Å². The van der Waals surface area contributed by atoms with Crippen LogP contribution in [0.1, 0.15) is 33.1 Å². The monoisotopic (exact) mass is 211 g/mol. The van der Waals surface area contributed by atoms with Gasteiger partial charge in [-0.15, -0.1) is 0 Å². The molecular formula is C11H21N3O. The summed E-state index contributed by atoms with van der Waals surface area (Å²) in [6.45, 7) is 5.06. The molecule has 2 fully saturated rings. The van der Waals surface area contributed by atoms with Gasteiger partial charge in [0.15, 0.2) is 5.96 Å². The van der Waals surface area contributed by atoms with Crippen molar-refractivity contribution in [3.05, 3.63) is 0 Å². The van der Waals surface area contributed by atoms with Gasteiger partial charge in [-0.05, 0) is 33.1 Å². The van der Waals surface area contributed by atoms with Crippen LogP contribution in [-0.4, -0.2) is 30.8 Å². The molecule has 0 bridgehead atoms. The van der Waals surface area contributed by atoms with Crippen molar-refractivity contribution in [1.82, 2.24) is 5.32 Å². The first-order valence-electron chi connectivity index (χ1n) is 5.88. The zero-order valence-electron chi connectivity index (χ0n) is 9.57. The molecule has 0 aromatic rings. The van der Waals surface area contributed by atoms with Gasteiger partial charge in [0.05, 0.1) is 12.1 Å². The highest BCUT2D eigenvalue weighted by Crippen LogP contribution is 2.39. The van der Waals surface area contributed by atoms with Gasteiger partial charge in [-0.2, -0.15) is 0 Å². The summed E-state index contributed by atoms with van der Waals surface area (Å²) in [4.78, 5) is 4.51. The van der Waals surface area contributed by atoms with Crippen LogP contribution in [0.5, 0.6) is 0 Å². The van der Waals surface area contributed by atoms with E-state index in [-0.39, 0.29) is 0 Å². The van der Waals surface area contributed by atoms with Crippen LogP contribution in [0.15, 0.2) is 4.99 Å². The van der Waals surface area contributed by atoms with Gasteiger partial charge in [-0.25, -0.2) is 4.99 Å². The minimum absolute atomic E-state index is 0.354. The molecule has 1 aliphatic heterocycles. The van der Waals surface area contributed by atoms with Crippen molar-refractivity contribution >= 4 is 5.96 Å². The van der Waals surface area contributed by atoms with Gasteiger partial charge in [0.2, 0.25) is 0 Å². The fraction of sp³-hybridized carbons (Fsp3) is 0.909. The van der Waals surface area contributed by atoms with Crippen molar-refractivity contribution < 1.29 is 4.74 Å².